The monoisotopic (exact) mass is 265 g/mol. The van der Waals surface area contributed by atoms with Crippen LogP contribution in [0.25, 0.3) is 0 Å². The molecule has 1 saturated heterocycles. The Hall–Kier alpha value is -1.00. The minimum atomic E-state index is -0.850. The number of thioether (sulfide) groups is 1. The van der Waals surface area contributed by atoms with Crippen molar-refractivity contribution in [2.75, 3.05) is 18.8 Å². The number of aromatic carboxylic acids is 1. The second-order valence-electron chi connectivity index (χ2n) is 4.64. The standard InChI is InChI=1S/C14H19NO2S/c1-2-13-10-15(6-7-18-13)9-11-4-3-5-12(8-11)14(16)17/h3-5,8,13H,2,6-7,9-10H2,1H3,(H,16,17). The molecule has 2 rings (SSSR count). The summed E-state index contributed by atoms with van der Waals surface area (Å²) in [6, 6.07) is 7.27. The summed E-state index contributed by atoms with van der Waals surface area (Å²) in [5.41, 5.74) is 1.47. The summed E-state index contributed by atoms with van der Waals surface area (Å²) in [4.78, 5) is 13.3. The maximum Gasteiger partial charge on any atom is 0.335 e. The van der Waals surface area contributed by atoms with Crippen molar-refractivity contribution in [1.82, 2.24) is 4.90 Å². The molecule has 3 nitrogen and oxygen atoms in total. The molecule has 1 atom stereocenters. The van der Waals surface area contributed by atoms with Gasteiger partial charge in [-0.3, -0.25) is 4.90 Å². The molecule has 1 fully saturated rings. The van der Waals surface area contributed by atoms with Gasteiger partial charge in [0.05, 0.1) is 5.56 Å². The van der Waals surface area contributed by atoms with Crippen LogP contribution >= 0.6 is 11.8 Å². The molecule has 18 heavy (non-hydrogen) atoms. The molecule has 1 aromatic rings. The lowest BCUT2D eigenvalue weighted by molar-refractivity contribution is 0.0696. The first-order valence-corrected chi connectivity index (χ1v) is 7.40. The van der Waals surface area contributed by atoms with Crippen LogP contribution in [0, 0.1) is 0 Å². The third-order valence-corrected chi connectivity index (χ3v) is 4.63. The van der Waals surface area contributed by atoms with Crippen LogP contribution in [0.3, 0.4) is 0 Å². The number of hydrogen-bond donors (Lipinski definition) is 1. The lowest BCUT2D eigenvalue weighted by Gasteiger charge is -2.31. The largest absolute Gasteiger partial charge is 0.478 e. The van der Waals surface area contributed by atoms with Crippen molar-refractivity contribution in [2.45, 2.75) is 25.1 Å². The summed E-state index contributed by atoms with van der Waals surface area (Å²) in [6.45, 7) is 5.29. The van der Waals surface area contributed by atoms with Gasteiger partial charge in [-0.1, -0.05) is 19.1 Å². The number of carboxylic acid groups (broad SMARTS) is 1. The Kier molecular flexibility index (Phi) is 4.66. The van der Waals surface area contributed by atoms with Crippen LogP contribution in [0.1, 0.15) is 29.3 Å². The Labute approximate surface area is 112 Å². The number of benzene rings is 1. The van der Waals surface area contributed by atoms with Crippen molar-refractivity contribution < 1.29 is 9.90 Å². The Morgan fingerprint density at radius 1 is 1.56 bits per heavy atom. The third-order valence-electron chi connectivity index (χ3n) is 3.26. The number of hydrogen-bond acceptors (Lipinski definition) is 3. The van der Waals surface area contributed by atoms with Gasteiger partial charge in [-0.25, -0.2) is 4.79 Å². The molecular weight excluding hydrogens is 246 g/mol. The van der Waals surface area contributed by atoms with E-state index >= 15 is 0 Å². The summed E-state index contributed by atoms with van der Waals surface area (Å²) >= 11 is 2.05. The Morgan fingerprint density at radius 2 is 2.39 bits per heavy atom. The van der Waals surface area contributed by atoms with Crippen LogP contribution < -0.4 is 0 Å². The molecule has 1 aliphatic rings. The van der Waals surface area contributed by atoms with Gasteiger partial charge in [0.15, 0.2) is 0 Å². The van der Waals surface area contributed by atoms with Gasteiger partial charge in [-0.15, -0.1) is 0 Å². The van der Waals surface area contributed by atoms with Crippen LogP contribution in [0.15, 0.2) is 24.3 Å². The molecule has 1 N–H and O–H groups in total. The normalized spacial score (nSPS) is 20.8. The molecule has 1 aliphatic heterocycles. The molecule has 0 aliphatic carbocycles. The topological polar surface area (TPSA) is 40.5 Å². The third kappa shape index (κ3) is 3.50. The van der Waals surface area contributed by atoms with Gasteiger partial charge in [-0.2, -0.15) is 11.8 Å². The second kappa shape index (κ2) is 6.25. The van der Waals surface area contributed by atoms with Crippen LogP contribution in [-0.2, 0) is 6.54 Å². The smallest absolute Gasteiger partial charge is 0.335 e. The molecule has 1 aromatic carbocycles. The van der Waals surface area contributed by atoms with Crippen LogP contribution in [0.5, 0.6) is 0 Å². The number of carbonyl (C=O) groups is 1. The van der Waals surface area contributed by atoms with E-state index < -0.39 is 5.97 Å². The summed E-state index contributed by atoms with van der Waals surface area (Å²) < 4.78 is 0. The van der Waals surface area contributed by atoms with E-state index in [9.17, 15) is 4.79 Å². The van der Waals surface area contributed by atoms with E-state index in [1.807, 2.05) is 23.9 Å². The highest BCUT2D eigenvalue weighted by molar-refractivity contribution is 8.00. The fourth-order valence-electron chi connectivity index (χ4n) is 2.23. The molecule has 0 saturated carbocycles. The van der Waals surface area contributed by atoms with Gasteiger partial charge in [0, 0.05) is 30.6 Å². The highest BCUT2D eigenvalue weighted by atomic mass is 32.2. The van der Waals surface area contributed by atoms with E-state index in [1.54, 1.807) is 12.1 Å². The van der Waals surface area contributed by atoms with Crippen molar-refractivity contribution in [3.05, 3.63) is 35.4 Å². The highest BCUT2D eigenvalue weighted by Gasteiger charge is 2.19. The molecule has 1 heterocycles. The van der Waals surface area contributed by atoms with Crippen LogP contribution in [0.2, 0.25) is 0 Å². The molecular formula is C14H19NO2S. The summed E-state index contributed by atoms with van der Waals surface area (Å²) in [7, 11) is 0. The van der Waals surface area contributed by atoms with Gasteiger partial charge in [-0.05, 0) is 24.1 Å². The first-order chi connectivity index (χ1) is 8.69. The van der Waals surface area contributed by atoms with Crippen molar-refractivity contribution in [2.24, 2.45) is 0 Å². The predicted molar refractivity (Wildman–Crippen MR) is 75.2 cm³/mol. The molecule has 0 bridgehead atoms. The van der Waals surface area contributed by atoms with Gasteiger partial charge >= 0.3 is 5.97 Å². The number of carboxylic acids is 1. The average Bonchev–Trinajstić information content (AvgIpc) is 2.39. The second-order valence-corrected chi connectivity index (χ2v) is 6.05. The first kappa shape index (κ1) is 13.4. The van der Waals surface area contributed by atoms with Crippen LogP contribution in [-0.4, -0.2) is 40.1 Å². The average molecular weight is 265 g/mol. The lowest BCUT2D eigenvalue weighted by atomic mass is 10.1. The molecule has 0 aromatic heterocycles. The fourth-order valence-corrected chi connectivity index (χ4v) is 3.48. The summed E-state index contributed by atoms with van der Waals surface area (Å²) in [6.07, 6.45) is 1.20. The van der Waals surface area contributed by atoms with Gasteiger partial charge in [0.25, 0.3) is 0 Å². The molecule has 98 valence electrons. The van der Waals surface area contributed by atoms with Crippen molar-refractivity contribution in [3.8, 4) is 0 Å². The van der Waals surface area contributed by atoms with Crippen molar-refractivity contribution >= 4 is 17.7 Å². The number of rotatable bonds is 4. The van der Waals surface area contributed by atoms with Gasteiger partial charge in [0.1, 0.15) is 0 Å². The Morgan fingerprint density at radius 3 is 3.11 bits per heavy atom. The fraction of sp³-hybridized carbons (Fsp3) is 0.500. The van der Waals surface area contributed by atoms with E-state index in [0.717, 1.165) is 30.4 Å². The Balaban J connectivity index is 2.00. The lowest BCUT2D eigenvalue weighted by Crippen LogP contribution is -2.37. The first-order valence-electron chi connectivity index (χ1n) is 6.35. The van der Waals surface area contributed by atoms with E-state index in [4.69, 9.17) is 5.11 Å². The maximum atomic E-state index is 10.9. The van der Waals surface area contributed by atoms with Gasteiger partial charge in [0.2, 0.25) is 0 Å². The zero-order valence-corrected chi connectivity index (χ0v) is 11.4. The zero-order valence-electron chi connectivity index (χ0n) is 10.6. The molecule has 0 amide bonds. The summed E-state index contributed by atoms with van der Waals surface area (Å²) in [5.74, 6) is 0.328. The van der Waals surface area contributed by atoms with E-state index in [2.05, 4.69) is 11.8 Å². The zero-order chi connectivity index (χ0) is 13.0. The molecule has 0 radical (unpaired) electrons. The maximum absolute atomic E-state index is 10.9. The van der Waals surface area contributed by atoms with E-state index in [1.165, 1.54) is 12.2 Å². The Bertz CT molecular complexity index is 422. The highest BCUT2D eigenvalue weighted by Crippen LogP contribution is 2.22. The molecule has 0 spiro atoms. The van der Waals surface area contributed by atoms with E-state index in [0.29, 0.717) is 5.56 Å². The quantitative estimate of drug-likeness (QED) is 0.908. The molecule has 4 heteroatoms. The van der Waals surface area contributed by atoms with Crippen LogP contribution in [0.4, 0.5) is 0 Å². The van der Waals surface area contributed by atoms with Crippen molar-refractivity contribution in [3.63, 3.8) is 0 Å². The minimum absolute atomic E-state index is 0.380. The minimum Gasteiger partial charge on any atom is -0.478 e. The predicted octanol–water partition coefficient (Wildman–Crippen LogP) is 2.71. The van der Waals surface area contributed by atoms with Crippen molar-refractivity contribution in [1.29, 1.82) is 0 Å². The van der Waals surface area contributed by atoms with E-state index in [-0.39, 0.29) is 0 Å². The SMILES string of the molecule is CCC1CN(Cc2cccc(C(=O)O)c2)CCS1. The number of nitrogens with zero attached hydrogens (tertiary/aromatic N) is 1. The molecule has 1 unspecified atom stereocenters. The van der Waals surface area contributed by atoms with Gasteiger partial charge < -0.3 is 5.11 Å². The summed E-state index contributed by atoms with van der Waals surface area (Å²) in [5, 5.41) is 9.70.